The van der Waals surface area contributed by atoms with Crippen LogP contribution in [0.1, 0.15) is 11.3 Å². The average molecular weight is 219 g/mol. The Balaban J connectivity index is 1.80. The van der Waals surface area contributed by atoms with Crippen molar-refractivity contribution in [2.75, 3.05) is 11.9 Å². The lowest BCUT2D eigenvalue weighted by atomic mass is 10.2. The van der Waals surface area contributed by atoms with Crippen LogP contribution >= 0.6 is 11.3 Å². The predicted octanol–water partition coefficient (Wildman–Crippen LogP) is 2.50. The molecule has 0 aliphatic carbocycles. The maximum atomic E-state index is 4.33. The molecule has 0 amide bonds. The SMILES string of the molecule is Cc1csc(NCCc2cccnc2)n1. The Morgan fingerprint density at radius 2 is 2.40 bits per heavy atom. The number of hydrogen-bond acceptors (Lipinski definition) is 4. The number of anilines is 1. The third-order valence-corrected chi connectivity index (χ3v) is 2.95. The molecule has 2 heterocycles. The molecule has 2 aromatic heterocycles. The summed E-state index contributed by atoms with van der Waals surface area (Å²) < 4.78 is 0. The summed E-state index contributed by atoms with van der Waals surface area (Å²) in [5.74, 6) is 0. The van der Waals surface area contributed by atoms with Crippen molar-refractivity contribution in [3.05, 3.63) is 41.2 Å². The minimum Gasteiger partial charge on any atom is -0.361 e. The van der Waals surface area contributed by atoms with E-state index < -0.39 is 0 Å². The van der Waals surface area contributed by atoms with Crippen LogP contribution in [-0.4, -0.2) is 16.5 Å². The molecule has 1 N–H and O–H groups in total. The number of hydrogen-bond donors (Lipinski definition) is 1. The fourth-order valence-corrected chi connectivity index (χ4v) is 2.01. The van der Waals surface area contributed by atoms with Crippen molar-refractivity contribution in [3.63, 3.8) is 0 Å². The lowest BCUT2D eigenvalue weighted by molar-refractivity contribution is 0.999. The van der Waals surface area contributed by atoms with E-state index in [4.69, 9.17) is 0 Å². The van der Waals surface area contributed by atoms with E-state index in [9.17, 15) is 0 Å². The molecule has 0 saturated carbocycles. The number of nitrogens with zero attached hydrogens (tertiary/aromatic N) is 2. The smallest absolute Gasteiger partial charge is 0.182 e. The van der Waals surface area contributed by atoms with Gasteiger partial charge < -0.3 is 5.32 Å². The average Bonchev–Trinajstić information content (AvgIpc) is 2.66. The molecule has 0 atom stereocenters. The molecule has 4 heteroatoms. The van der Waals surface area contributed by atoms with Gasteiger partial charge in [0.2, 0.25) is 0 Å². The first-order valence-corrected chi connectivity index (χ1v) is 5.77. The Labute approximate surface area is 93.2 Å². The quantitative estimate of drug-likeness (QED) is 0.858. The van der Waals surface area contributed by atoms with Gasteiger partial charge >= 0.3 is 0 Å². The first kappa shape index (κ1) is 10.1. The number of aryl methyl sites for hydroxylation is 1. The highest BCUT2D eigenvalue weighted by molar-refractivity contribution is 7.13. The summed E-state index contributed by atoms with van der Waals surface area (Å²) in [6, 6.07) is 4.05. The lowest BCUT2D eigenvalue weighted by Gasteiger charge is -2.01. The van der Waals surface area contributed by atoms with E-state index in [1.807, 2.05) is 24.6 Å². The van der Waals surface area contributed by atoms with Crippen LogP contribution < -0.4 is 5.32 Å². The Kier molecular flexibility index (Phi) is 3.29. The molecule has 0 fully saturated rings. The Hall–Kier alpha value is -1.42. The van der Waals surface area contributed by atoms with Gasteiger partial charge in [-0.15, -0.1) is 11.3 Å². The molecular formula is C11H13N3S. The number of rotatable bonds is 4. The summed E-state index contributed by atoms with van der Waals surface area (Å²) in [5.41, 5.74) is 2.32. The summed E-state index contributed by atoms with van der Waals surface area (Å²) in [7, 11) is 0. The van der Waals surface area contributed by atoms with Gasteiger partial charge in [0, 0.05) is 24.3 Å². The van der Waals surface area contributed by atoms with Crippen molar-refractivity contribution in [2.45, 2.75) is 13.3 Å². The minimum atomic E-state index is 0.901. The van der Waals surface area contributed by atoms with Gasteiger partial charge in [-0.05, 0) is 25.0 Å². The Bertz CT molecular complexity index is 411. The highest BCUT2D eigenvalue weighted by atomic mass is 32.1. The van der Waals surface area contributed by atoms with Crippen LogP contribution in [0.4, 0.5) is 5.13 Å². The van der Waals surface area contributed by atoms with Crippen LogP contribution in [-0.2, 0) is 6.42 Å². The van der Waals surface area contributed by atoms with Crippen LogP contribution in [0.15, 0.2) is 29.9 Å². The molecule has 78 valence electrons. The Morgan fingerprint density at radius 3 is 3.07 bits per heavy atom. The number of nitrogens with one attached hydrogen (secondary N) is 1. The van der Waals surface area contributed by atoms with Crippen molar-refractivity contribution in [1.29, 1.82) is 0 Å². The van der Waals surface area contributed by atoms with Gasteiger partial charge in [-0.2, -0.15) is 0 Å². The van der Waals surface area contributed by atoms with Gasteiger partial charge in [-0.3, -0.25) is 4.98 Å². The largest absolute Gasteiger partial charge is 0.361 e. The van der Waals surface area contributed by atoms with E-state index in [0.717, 1.165) is 23.8 Å². The van der Waals surface area contributed by atoms with E-state index in [-0.39, 0.29) is 0 Å². The van der Waals surface area contributed by atoms with Gasteiger partial charge in [0.05, 0.1) is 5.69 Å². The molecule has 0 radical (unpaired) electrons. The van der Waals surface area contributed by atoms with Crippen LogP contribution in [0.2, 0.25) is 0 Å². The zero-order chi connectivity index (χ0) is 10.5. The van der Waals surface area contributed by atoms with Crippen LogP contribution in [0, 0.1) is 6.92 Å². The number of pyridine rings is 1. The zero-order valence-electron chi connectivity index (χ0n) is 8.60. The van der Waals surface area contributed by atoms with Gasteiger partial charge in [0.1, 0.15) is 0 Å². The standard InChI is InChI=1S/C11H13N3S/c1-9-8-15-11(14-9)13-6-4-10-3-2-5-12-7-10/h2-3,5,7-8H,4,6H2,1H3,(H,13,14). The second-order valence-corrected chi connectivity index (χ2v) is 4.19. The molecule has 0 unspecified atom stereocenters. The molecule has 0 aliphatic rings. The third kappa shape index (κ3) is 3.02. The summed E-state index contributed by atoms with van der Waals surface area (Å²) in [6.07, 6.45) is 4.67. The van der Waals surface area contributed by atoms with E-state index in [1.165, 1.54) is 5.56 Å². The fourth-order valence-electron chi connectivity index (χ4n) is 1.29. The number of thiazole rings is 1. The topological polar surface area (TPSA) is 37.8 Å². The first-order valence-electron chi connectivity index (χ1n) is 4.89. The summed E-state index contributed by atoms with van der Waals surface area (Å²) >= 11 is 1.65. The molecule has 2 aromatic rings. The molecule has 0 aromatic carbocycles. The van der Waals surface area contributed by atoms with E-state index >= 15 is 0 Å². The summed E-state index contributed by atoms with van der Waals surface area (Å²) in [4.78, 5) is 8.41. The second-order valence-electron chi connectivity index (χ2n) is 3.33. The maximum absolute atomic E-state index is 4.33. The van der Waals surface area contributed by atoms with Crippen molar-refractivity contribution in [2.24, 2.45) is 0 Å². The van der Waals surface area contributed by atoms with Crippen molar-refractivity contribution in [3.8, 4) is 0 Å². The maximum Gasteiger partial charge on any atom is 0.182 e. The van der Waals surface area contributed by atoms with Crippen molar-refractivity contribution >= 4 is 16.5 Å². The van der Waals surface area contributed by atoms with Crippen molar-refractivity contribution < 1.29 is 0 Å². The van der Waals surface area contributed by atoms with Crippen molar-refractivity contribution in [1.82, 2.24) is 9.97 Å². The van der Waals surface area contributed by atoms with E-state index in [0.29, 0.717) is 0 Å². The highest BCUT2D eigenvalue weighted by Gasteiger charge is 1.97. The second kappa shape index (κ2) is 4.89. The highest BCUT2D eigenvalue weighted by Crippen LogP contribution is 2.14. The third-order valence-electron chi connectivity index (χ3n) is 2.03. The zero-order valence-corrected chi connectivity index (χ0v) is 9.42. The molecule has 0 saturated heterocycles. The van der Waals surface area contributed by atoms with E-state index in [1.54, 1.807) is 17.5 Å². The molecule has 0 aliphatic heterocycles. The van der Waals surface area contributed by atoms with Crippen LogP contribution in [0.5, 0.6) is 0 Å². The van der Waals surface area contributed by atoms with Gasteiger partial charge in [-0.1, -0.05) is 6.07 Å². The molecule has 15 heavy (non-hydrogen) atoms. The molecule has 2 rings (SSSR count). The van der Waals surface area contributed by atoms with Gasteiger partial charge in [0.15, 0.2) is 5.13 Å². The summed E-state index contributed by atoms with van der Waals surface area (Å²) in [6.45, 7) is 2.90. The minimum absolute atomic E-state index is 0.901. The molecular weight excluding hydrogens is 206 g/mol. The van der Waals surface area contributed by atoms with E-state index in [2.05, 4.69) is 21.4 Å². The predicted molar refractivity (Wildman–Crippen MR) is 63.3 cm³/mol. The molecule has 3 nitrogen and oxygen atoms in total. The Morgan fingerprint density at radius 1 is 1.47 bits per heavy atom. The lowest BCUT2D eigenvalue weighted by Crippen LogP contribution is -2.04. The molecule has 0 bridgehead atoms. The fraction of sp³-hybridized carbons (Fsp3) is 0.273. The molecule has 0 spiro atoms. The normalized spacial score (nSPS) is 10.2. The first-order chi connectivity index (χ1) is 7.34. The van der Waals surface area contributed by atoms with Crippen LogP contribution in [0.3, 0.4) is 0 Å². The monoisotopic (exact) mass is 219 g/mol. The summed E-state index contributed by atoms with van der Waals surface area (Å²) in [5, 5.41) is 6.34. The van der Waals surface area contributed by atoms with Crippen LogP contribution in [0.25, 0.3) is 0 Å². The number of aromatic nitrogens is 2. The van der Waals surface area contributed by atoms with Gasteiger partial charge in [-0.25, -0.2) is 4.98 Å². The van der Waals surface area contributed by atoms with Gasteiger partial charge in [0.25, 0.3) is 0 Å².